The van der Waals surface area contributed by atoms with Crippen LogP contribution in [0.4, 0.5) is 0 Å². The molecule has 0 bridgehead atoms. The standard InChI is InChI=1S/C19H19ClN2O6/c1-4-5-27-17-9-13(7-15(22-17)11-26-3)19(24)28-18(23)12-6-14(10-25-2)21-16(20)8-12/h4,6-9H,1,5,10-11H2,2-3H3. The van der Waals surface area contributed by atoms with Crippen molar-refractivity contribution in [2.45, 2.75) is 13.2 Å². The zero-order valence-corrected chi connectivity index (χ0v) is 16.2. The molecule has 0 atom stereocenters. The number of ether oxygens (including phenoxy) is 4. The third-order valence-electron chi connectivity index (χ3n) is 3.29. The minimum atomic E-state index is -0.870. The van der Waals surface area contributed by atoms with Gasteiger partial charge in [-0.2, -0.15) is 0 Å². The van der Waals surface area contributed by atoms with Crippen LogP contribution in [0.2, 0.25) is 5.15 Å². The van der Waals surface area contributed by atoms with Crippen LogP contribution in [-0.2, 0) is 27.4 Å². The smallest absolute Gasteiger partial charge is 0.346 e. The predicted molar refractivity (Wildman–Crippen MR) is 100 cm³/mol. The van der Waals surface area contributed by atoms with Crippen LogP contribution in [0.5, 0.6) is 5.88 Å². The predicted octanol–water partition coefficient (Wildman–Crippen LogP) is 2.98. The van der Waals surface area contributed by atoms with Crippen LogP contribution in [0, 0.1) is 0 Å². The number of pyridine rings is 2. The lowest BCUT2D eigenvalue weighted by Crippen LogP contribution is -2.14. The molecule has 2 heterocycles. The third-order valence-corrected chi connectivity index (χ3v) is 3.49. The number of esters is 2. The number of hydrogen-bond acceptors (Lipinski definition) is 8. The van der Waals surface area contributed by atoms with Gasteiger partial charge in [0.15, 0.2) is 0 Å². The van der Waals surface area contributed by atoms with Crippen molar-refractivity contribution in [1.29, 1.82) is 0 Å². The molecule has 148 valence electrons. The molecule has 0 aliphatic rings. The zero-order valence-electron chi connectivity index (χ0n) is 15.4. The number of aromatic nitrogens is 2. The maximum atomic E-state index is 12.4. The molecular formula is C19H19ClN2O6. The highest BCUT2D eigenvalue weighted by molar-refractivity contribution is 6.29. The summed E-state index contributed by atoms with van der Waals surface area (Å²) in [5.41, 5.74) is 1.04. The molecule has 0 spiro atoms. The second kappa shape index (κ2) is 10.5. The number of carbonyl (C=O) groups is 2. The highest BCUT2D eigenvalue weighted by Crippen LogP contribution is 2.17. The Morgan fingerprint density at radius 1 is 1.00 bits per heavy atom. The summed E-state index contributed by atoms with van der Waals surface area (Å²) >= 11 is 5.90. The average Bonchev–Trinajstić information content (AvgIpc) is 2.66. The summed E-state index contributed by atoms with van der Waals surface area (Å²) in [5, 5.41) is 0.0837. The molecule has 9 heteroatoms. The van der Waals surface area contributed by atoms with Gasteiger partial charge in [0.1, 0.15) is 11.8 Å². The van der Waals surface area contributed by atoms with Gasteiger partial charge < -0.3 is 18.9 Å². The lowest BCUT2D eigenvalue weighted by atomic mass is 10.2. The quantitative estimate of drug-likeness (QED) is 0.271. The molecule has 0 aliphatic heterocycles. The van der Waals surface area contributed by atoms with Crippen molar-refractivity contribution in [3.05, 3.63) is 64.6 Å². The van der Waals surface area contributed by atoms with Crippen molar-refractivity contribution in [3.63, 3.8) is 0 Å². The van der Waals surface area contributed by atoms with Crippen LogP contribution in [-0.4, -0.2) is 42.7 Å². The highest BCUT2D eigenvalue weighted by atomic mass is 35.5. The Labute approximate surface area is 167 Å². The zero-order chi connectivity index (χ0) is 20.5. The van der Waals surface area contributed by atoms with Gasteiger partial charge in [-0.05, 0) is 18.2 Å². The van der Waals surface area contributed by atoms with Gasteiger partial charge in [-0.25, -0.2) is 19.6 Å². The minimum absolute atomic E-state index is 0.0784. The molecule has 0 unspecified atom stereocenters. The number of halogens is 1. The molecule has 2 rings (SSSR count). The molecule has 2 aromatic heterocycles. The first-order valence-electron chi connectivity index (χ1n) is 8.12. The molecule has 2 aromatic rings. The summed E-state index contributed by atoms with van der Waals surface area (Å²) in [5.74, 6) is -1.55. The van der Waals surface area contributed by atoms with E-state index in [2.05, 4.69) is 16.5 Å². The molecule has 0 radical (unpaired) electrons. The van der Waals surface area contributed by atoms with Crippen LogP contribution < -0.4 is 4.74 Å². The summed E-state index contributed by atoms with van der Waals surface area (Å²) in [6.07, 6.45) is 1.54. The van der Waals surface area contributed by atoms with E-state index < -0.39 is 11.9 Å². The second-order valence-electron chi connectivity index (χ2n) is 5.50. The van der Waals surface area contributed by atoms with Crippen LogP contribution in [0.25, 0.3) is 0 Å². The molecular weight excluding hydrogens is 388 g/mol. The van der Waals surface area contributed by atoms with Crippen LogP contribution in [0.15, 0.2) is 36.9 Å². The van der Waals surface area contributed by atoms with E-state index >= 15 is 0 Å². The molecule has 0 aliphatic carbocycles. The number of rotatable bonds is 9. The lowest BCUT2D eigenvalue weighted by molar-refractivity contribution is 0.0396. The van der Waals surface area contributed by atoms with Crippen molar-refractivity contribution >= 4 is 23.5 Å². The molecule has 0 fully saturated rings. The fraction of sp³-hybridized carbons (Fsp3) is 0.263. The van der Waals surface area contributed by atoms with Crippen LogP contribution in [0.1, 0.15) is 32.1 Å². The van der Waals surface area contributed by atoms with Gasteiger partial charge in [0.2, 0.25) is 5.88 Å². The summed E-state index contributed by atoms with van der Waals surface area (Å²) in [7, 11) is 2.97. The van der Waals surface area contributed by atoms with Crippen LogP contribution in [0.3, 0.4) is 0 Å². The first kappa shape index (κ1) is 21.5. The van der Waals surface area contributed by atoms with E-state index in [-0.39, 0.29) is 42.0 Å². The summed E-state index contributed by atoms with van der Waals surface area (Å²) < 4.78 is 20.3. The number of hydrogen-bond donors (Lipinski definition) is 0. The van der Waals surface area contributed by atoms with Gasteiger partial charge in [0.05, 0.1) is 35.7 Å². The minimum Gasteiger partial charge on any atom is -0.473 e. The second-order valence-corrected chi connectivity index (χ2v) is 5.89. The maximum Gasteiger partial charge on any atom is 0.346 e. The Morgan fingerprint density at radius 2 is 1.57 bits per heavy atom. The molecule has 8 nitrogen and oxygen atoms in total. The Morgan fingerprint density at radius 3 is 2.14 bits per heavy atom. The average molecular weight is 407 g/mol. The van der Waals surface area contributed by atoms with E-state index in [1.54, 1.807) is 0 Å². The van der Waals surface area contributed by atoms with E-state index in [1.807, 2.05) is 0 Å². The van der Waals surface area contributed by atoms with Gasteiger partial charge in [-0.3, -0.25) is 0 Å². The monoisotopic (exact) mass is 406 g/mol. The van der Waals surface area contributed by atoms with E-state index in [9.17, 15) is 9.59 Å². The Balaban J connectivity index is 2.22. The Bertz CT molecular complexity index is 871. The highest BCUT2D eigenvalue weighted by Gasteiger charge is 2.19. The molecule has 28 heavy (non-hydrogen) atoms. The van der Waals surface area contributed by atoms with Gasteiger partial charge in [-0.1, -0.05) is 24.3 Å². The third kappa shape index (κ3) is 6.12. The lowest BCUT2D eigenvalue weighted by Gasteiger charge is -2.09. The van der Waals surface area contributed by atoms with Crippen molar-refractivity contribution in [2.24, 2.45) is 0 Å². The number of methoxy groups -OCH3 is 2. The molecule has 0 amide bonds. The Hall–Kier alpha value is -2.81. The first-order valence-corrected chi connectivity index (χ1v) is 8.50. The van der Waals surface area contributed by atoms with Crippen LogP contribution >= 0.6 is 11.6 Å². The van der Waals surface area contributed by atoms with Crippen molar-refractivity contribution < 1.29 is 28.5 Å². The fourth-order valence-corrected chi connectivity index (χ4v) is 2.44. The number of nitrogens with zero attached hydrogens (tertiary/aromatic N) is 2. The first-order chi connectivity index (χ1) is 13.5. The molecule has 0 aromatic carbocycles. The fourth-order valence-electron chi connectivity index (χ4n) is 2.21. The van der Waals surface area contributed by atoms with Gasteiger partial charge in [-0.15, -0.1) is 0 Å². The van der Waals surface area contributed by atoms with E-state index in [0.29, 0.717) is 11.4 Å². The topological polar surface area (TPSA) is 96.8 Å². The van der Waals surface area contributed by atoms with Crippen molar-refractivity contribution in [1.82, 2.24) is 9.97 Å². The molecule has 0 saturated carbocycles. The summed E-state index contributed by atoms with van der Waals surface area (Å²) in [6.45, 7) is 4.07. The van der Waals surface area contributed by atoms with Gasteiger partial charge >= 0.3 is 11.9 Å². The summed E-state index contributed by atoms with van der Waals surface area (Å²) in [6, 6.07) is 5.56. The SMILES string of the molecule is C=CCOc1cc(C(=O)OC(=O)c2cc(Cl)nc(COC)c2)cc(COC)n1. The van der Waals surface area contributed by atoms with Crippen molar-refractivity contribution in [3.8, 4) is 5.88 Å². The summed E-state index contributed by atoms with van der Waals surface area (Å²) in [4.78, 5) is 33.0. The molecule has 0 N–H and O–H groups in total. The van der Waals surface area contributed by atoms with E-state index in [0.717, 1.165) is 0 Å². The van der Waals surface area contributed by atoms with Gasteiger partial charge in [0.25, 0.3) is 0 Å². The normalized spacial score (nSPS) is 10.4. The molecule has 0 saturated heterocycles. The van der Waals surface area contributed by atoms with Crippen molar-refractivity contribution in [2.75, 3.05) is 20.8 Å². The number of carbonyl (C=O) groups excluding carboxylic acids is 2. The Kier molecular flexibility index (Phi) is 8.06. The van der Waals surface area contributed by atoms with Gasteiger partial charge in [0, 0.05) is 20.3 Å². The van der Waals surface area contributed by atoms with E-state index in [4.69, 9.17) is 30.5 Å². The largest absolute Gasteiger partial charge is 0.473 e. The maximum absolute atomic E-state index is 12.4. The van der Waals surface area contributed by atoms with E-state index in [1.165, 1.54) is 44.6 Å².